The molecule has 0 saturated heterocycles. The Bertz CT molecular complexity index is 654. The van der Waals surface area contributed by atoms with Gasteiger partial charge in [-0.2, -0.15) is 0 Å². The zero-order chi connectivity index (χ0) is 16.1. The van der Waals surface area contributed by atoms with Crippen molar-refractivity contribution in [1.29, 1.82) is 0 Å². The smallest absolute Gasteiger partial charge is 0.234 e. The summed E-state index contributed by atoms with van der Waals surface area (Å²) in [7, 11) is 2.05. The van der Waals surface area contributed by atoms with E-state index in [1.807, 2.05) is 30.3 Å². The van der Waals surface area contributed by atoms with Crippen molar-refractivity contribution in [1.82, 2.24) is 10.2 Å². The summed E-state index contributed by atoms with van der Waals surface area (Å²) in [5, 5.41) is 3.01. The molecule has 0 aliphatic heterocycles. The van der Waals surface area contributed by atoms with Crippen LogP contribution >= 0.6 is 0 Å². The Labute approximate surface area is 138 Å². The van der Waals surface area contributed by atoms with Gasteiger partial charge >= 0.3 is 0 Å². The number of carbonyl (C=O) groups is 1. The van der Waals surface area contributed by atoms with Crippen molar-refractivity contribution in [3.63, 3.8) is 0 Å². The minimum atomic E-state index is 0.0828. The lowest BCUT2D eigenvalue weighted by Gasteiger charge is -2.32. The Morgan fingerprint density at radius 3 is 2.70 bits per heavy atom. The molecule has 1 aliphatic rings. The number of benzene rings is 2. The maximum Gasteiger partial charge on any atom is 0.234 e. The number of nitrogens with one attached hydrogen (secondary N) is 1. The first kappa shape index (κ1) is 15.8. The molecule has 3 nitrogen and oxygen atoms in total. The third-order valence-corrected chi connectivity index (χ3v) is 4.60. The Balaban J connectivity index is 1.57. The van der Waals surface area contributed by atoms with Crippen LogP contribution in [0.3, 0.4) is 0 Å². The van der Waals surface area contributed by atoms with Gasteiger partial charge < -0.3 is 5.32 Å². The largest absolute Gasteiger partial charge is 0.351 e. The first-order chi connectivity index (χ1) is 11.2. The van der Waals surface area contributed by atoms with Crippen molar-refractivity contribution >= 4 is 5.91 Å². The van der Waals surface area contributed by atoms with Crippen LogP contribution in [-0.2, 0) is 17.8 Å². The number of aryl methyl sites for hydroxylation is 1. The van der Waals surface area contributed by atoms with E-state index in [2.05, 4.69) is 41.5 Å². The number of amides is 1. The van der Waals surface area contributed by atoms with Gasteiger partial charge in [0.2, 0.25) is 5.91 Å². The van der Waals surface area contributed by atoms with E-state index in [0.29, 0.717) is 19.1 Å². The van der Waals surface area contributed by atoms with Crippen LogP contribution in [0.1, 0.15) is 35.6 Å². The van der Waals surface area contributed by atoms with E-state index in [0.717, 1.165) is 18.4 Å². The third kappa shape index (κ3) is 3.99. The lowest BCUT2D eigenvalue weighted by Crippen LogP contribution is -2.37. The quantitative estimate of drug-likeness (QED) is 0.919. The predicted octanol–water partition coefficient (Wildman–Crippen LogP) is 3.31. The molecule has 120 valence electrons. The van der Waals surface area contributed by atoms with E-state index < -0.39 is 0 Å². The van der Waals surface area contributed by atoms with Gasteiger partial charge in [0.25, 0.3) is 0 Å². The lowest BCUT2D eigenvalue weighted by atomic mass is 9.87. The molecular formula is C20H24N2O. The first-order valence-electron chi connectivity index (χ1n) is 8.32. The highest BCUT2D eigenvalue weighted by Gasteiger charge is 2.24. The molecule has 1 unspecified atom stereocenters. The van der Waals surface area contributed by atoms with E-state index in [-0.39, 0.29) is 5.91 Å². The van der Waals surface area contributed by atoms with Crippen molar-refractivity contribution in [3.05, 3.63) is 71.3 Å². The molecular weight excluding hydrogens is 284 g/mol. The summed E-state index contributed by atoms with van der Waals surface area (Å²) in [6, 6.07) is 19.0. The molecule has 0 heterocycles. The van der Waals surface area contributed by atoms with Crippen molar-refractivity contribution in [2.75, 3.05) is 13.6 Å². The van der Waals surface area contributed by atoms with Gasteiger partial charge in [0.15, 0.2) is 0 Å². The number of fused-ring (bicyclic) bond motifs is 1. The highest BCUT2D eigenvalue weighted by atomic mass is 16.2. The Kier molecular flexibility index (Phi) is 5.09. The summed E-state index contributed by atoms with van der Waals surface area (Å²) < 4.78 is 0. The molecule has 2 aromatic rings. The predicted molar refractivity (Wildman–Crippen MR) is 93.0 cm³/mol. The number of hydrogen-bond acceptors (Lipinski definition) is 2. The van der Waals surface area contributed by atoms with Crippen molar-refractivity contribution < 1.29 is 4.79 Å². The minimum Gasteiger partial charge on any atom is -0.351 e. The van der Waals surface area contributed by atoms with E-state index in [1.54, 1.807) is 0 Å². The molecule has 0 fully saturated rings. The molecule has 1 atom stereocenters. The van der Waals surface area contributed by atoms with Crippen LogP contribution in [0.25, 0.3) is 0 Å². The van der Waals surface area contributed by atoms with Gasteiger partial charge in [-0.3, -0.25) is 9.69 Å². The first-order valence-corrected chi connectivity index (χ1v) is 8.32. The maximum absolute atomic E-state index is 12.2. The van der Waals surface area contributed by atoms with Crippen LogP contribution in [-0.4, -0.2) is 24.4 Å². The number of carbonyl (C=O) groups excluding carboxylic acids is 1. The molecule has 3 heteroatoms. The zero-order valence-corrected chi connectivity index (χ0v) is 13.7. The van der Waals surface area contributed by atoms with Gasteiger partial charge in [-0.15, -0.1) is 0 Å². The monoisotopic (exact) mass is 308 g/mol. The van der Waals surface area contributed by atoms with Gasteiger partial charge in [0.1, 0.15) is 0 Å². The van der Waals surface area contributed by atoms with Gasteiger partial charge in [0, 0.05) is 12.6 Å². The van der Waals surface area contributed by atoms with Crippen molar-refractivity contribution in [3.8, 4) is 0 Å². The molecule has 23 heavy (non-hydrogen) atoms. The van der Waals surface area contributed by atoms with Crippen LogP contribution < -0.4 is 5.32 Å². The second-order valence-corrected chi connectivity index (χ2v) is 6.28. The van der Waals surface area contributed by atoms with Crippen LogP contribution in [0.5, 0.6) is 0 Å². The van der Waals surface area contributed by atoms with Crippen LogP contribution in [0.15, 0.2) is 54.6 Å². The van der Waals surface area contributed by atoms with Gasteiger partial charge in [-0.1, -0.05) is 54.6 Å². The fourth-order valence-electron chi connectivity index (χ4n) is 3.38. The molecule has 3 rings (SSSR count). The van der Waals surface area contributed by atoms with E-state index in [1.165, 1.54) is 17.5 Å². The molecule has 0 radical (unpaired) electrons. The number of rotatable bonds is 5. The van der Waals surface area contributed by atoms with Crippen molar-refractivity contribution in [2.45, 2.75) is 31.8 Å². The highest BCUT2D eigenvalue weighted by Crippen LogP contribution is 2.33. The Hall–Kier alpha value is -2.13. The molecule has 2 aromatic carbocycles. The fourth-order valence-corrected chi connectivity index (χ4v) is 3.38. The summed E-state index contributed by atoms with van der Waals surface area (Å²) in [6.45, 7) is 1.03. The number of hydrogen-bond donors (Lipinski definition) is 1. The number of likely N-dealkylation sites (N-methyl/N-ethyl adjacent to an activating group) is 1. The molecule has 0 spiro atoms. The topological polar surface area (TPSA) is 32.3 Å². The normalized spacial score (nSPS) is 16.9. The van der Waals surface area contributed by atoms with E-state index >= 15 is 0 Å². The summed E-state index contributed by atoms with van der Waals surface area (Å²) in [5.74, 6) is 0.0828. The van der Waals surface area contributed by atoms with Crippen LogP contribution in [0.4, 0.5) is 0 Å². The molecule has 1 aliphatic carbocycles. The summed E-state index contributed by atoms with van der Waals surface area (Å²) in [4.78, 5) is 14.4. The van der Waals surface area contributed by atoms with Gasteiger partial charge in [0.05, 0.1) is 6.54 Å². The average molecular weight is 308 g/mol. The molecule has 0 saturated carbocycles. The van der Waals surface area contributed by atoms with E-state index in [9.17, 15) is 4.79 Å². The Morgan fingerprint density at radius 2 is 1.87 bits per heavy atom. The average Bonchev–Trinajstić information content (AvgIpc) is 2.60. The zero-order valence-electron chi connectivity index (χ0n) is 13.7. The maximum atomic E-state index is 12.2. The number of nitrogens with zero attached hydrogens (tertiary/aromatic N) is 1. The summed E-state index contributed by atoms with van der Waals surface area (Å²) >= 11 is 0. The van der Waals surface area contributed by atoms with Crippen molar-refractivity contribution in [2.24, 2.45) is 0 Å². The van der Waals surface area contributed by atoms with Gasteiger partial charge in [-0.05, 0) is 43.0 Å². The Morgan fingerprint density at radius 1 is 1.13 bits per heavy atom. The van der Waals surface area contributed by atoms with Crippen LogP contribution in [0.2, 0.25) is 0 Å². The standard InChI is InChI=1S/C20H24N2O/c1-22(15-20(23)21-14-16-8-3-2-4-9-16)19-13-7-11-17-10-5-6-12-18(17)19/h2-6,8-10,12,19H,7,11,13-15H2,1H3,(H,21,23). The van der Waals surface area contributed by atoms with E-state index in [4.69, 9.17) is 0 Å². The third-order valence-electron chi connectivity index (χ3n) is 4.60. The minimum absolute atomic E-state index is 0.0828. The highest BCUT2D eigenvalue weighted by molar-refractivity contribution is 5.78. The molecule has 1 N–H and O–H groups in total. The molecule has 0 bridgehead atoms. The molecule has 0 aromatic heterocycles. The summed E-state index contributed by atoms with van der Waals surface area (Å²) in [5.41, 5.74) is 3.95. The molecule has 1 amide bonds. The second-order valence-electron chi connectivity index (χ2n) is 6.28. The fraction of sp³-hybridized carbons (Fsp3) is 0.350. The van der Waals surface area contributed by atoms with Gasteiger partial charge in [-0.25, -0.2) is 0 Å². The van der Waals surface area contributed by atoms with Crippen LogP contribution in [0, 0.1) is 0 Å². The lowest BCUT2D eigenvalue weighted by molar-refractivity contribution is -0.122. The SMILES string of the molecule is CN(CC(=O)NCc1ccccc1)C1CCCc2ccccc21. The summed E-state index contributed by atoms with van der Waals surface area (Å²) in [6.07, 6.45) is 3.47. The second kappa shape index (κ2) is 7.42.